The number of thioether (sulfide) groups is 1. The number of nitrogens with zero attached hydrogens (tertiary/aromatic N) is 1. The average molecular weight is 487 g/mol. The van der Waals surface area contributed by atoms with Crippen molar-refractivity contribution in [3.8, 4) is 11.5 Å². The minimum Gasteiger partial charge on any atom is -0.493 e. The van der Waals surface area contributed by atoms with Crippen LogP contribution in [0.2, 0.25) is 0 Å². The molecule has 1 aromatic heterocycles. The van der Waals surface area contributed by atoms with Crippen LogP contribution in [0.25, 0.3) is 0 Å². The number of amides is 2. The fraction of sp³-hybridized carbons (Fsp3) is 0.250. The van der Waals surface area contributed by atoms with Crippen molar-refractivity contribution in [3.63, 3.8) is 0 Å². The van der Waals surface area contributed by atoms with Gasteiger partial charge in [0.25, 0.3) is 5.91 Å². The Balaban J connectivity index is 1.59. The van der Waals surface area contributed by atoms with E-state index >= 15 is 0 Å². The second kappa shape index (κ2) is 10.3. The van der Waals surface area contributed by atoms with Gasteiger partial charge >= 0.3 is 0 Å². The largest absolute Gasteiger partial charge is 0.493 e. The van der Waals surface area contributed by atoms with Crippen LogP contribution in [0.15, 0.2) is 60.0 Å². The van der Waals surface area contributed by atoms with E-state index in [1.165, 1.54) is 26.4 Å². The van der Waals surface area contributed by atoms with E-state index in [4.69, 9.17) is 9.47 Å². The monoisotopic (exact) mass is 486 g/mol. The number of methoxy groups -OCH3 is 2. The standard InChI is InChI=1S/C24H23FN2O4S2/c1-30-19-10-7-16(12-20(19)31-2)23(29)27-18(14-33-24(27)21-4-3-11-32-21)22(28)26-13-15-5-8-17(25)9-6-15/h3-12,18,24H,13-14H2,1-2H3,(H,26,28). The second-order valence-corrected chi connectivity index (χ2v) is 9.44. The molecule has 2 heterocycles. The van der Waals surface area contributed by atoms with Gasteiger partial charge in [-0.15, -0.1) is 23.1 Å². The van der Waals surface area contributed by atoms with Gasteiger partial charge in [0.2, 0.25) is 5.91 Å². The topological polar surface area (TPSA) is 67.9 Å². The van der Waals surface area contributed by atoms with Crippen LogP contribution < -0.4 is 14.8 Å². The summed E-state index contributed by atoms with van der Waals surface area (Å²) in [6.07, 6.45) is 0. The first-order valence-corrected chi connectivity index (χ1v) is 12.2. The van der Waals surface area contributed by atoms with Gasteiger partial charge in [0, 0.05) is 22.7 Å². The van der Waals surface area contributed by atoms with Crippen molar-refractivity contribution in [3.05, 3.63) is 81.8 Å². The Kier molecular flexibility index (Phi) is 7.20. The summed E-state index contributed by atoms with van der Waals surface area (Å²) in [6, 6.07) is 14.2. The fourth-order valence-electron chi connectivity index (χ4n) is 3.63. The third-order valence-corrected chi connectivity index (χ3v) is 7.71. The number of hydrogen-bond donors (Lipinski definition) is 1. The Morgan fingerprint density at radius 3 is 2.52 bits per heavy atom. The van der Waals surface area contributed by atoms with Crippen LogP contribution in [0.4, 0.5) is 4.39 Å². The molecule has 1 N–H and O–H groups in total. The van der Waals surface area contributed by atoms with Gasteiger partial charge in [-0.05, 0) is 47.3 Å². The molecule has 0 bridgehead atoms. The second-order valence-electron chi connectivity index (χ2n) is 7.34. The zero-order valence-electron chi connectivity index (χ0n) is 18.1. The summed E-state index contributed by atoms with van der Waals surface area (Å²) >= 11 is 3.11. The van der Waals surface area contributed by atoms with Gasteiger partial charge in [-0.3, -0.25) is 9.59 Å². The molecule has 4 rings (SSSR count). The van der Waals surface area contributed by atoms with E-state index in [0.717, 1.165) is 10.4 Å². The van der Waals surface area contributed by atoms with Crippen molar-refractivity contribution in [2.75, 3.05) is 20.0 Å². The molecule has 0 aliphatic carbocycles. The predicted octanol–water partition coefficient (Wildman–Crippen LogP) is 4.48. The van der Waals surface area contributed by atoms with Gasteiger partial charge in [-0.1, -0.05) is 18.2 Å². The number of hydrogen-bond acceptors (Lipinski definition) is 6. The zero-order chi connectivity index (χ0) is 23.4. The molecule has 0 radical (unpaired) electrons. The Hall–Kier alpha value is -3.04. The highest BCUT2D eigenvalue weighted by Crippen LogP contribution is 2.44. The number of ether oxygens (including phenoxy) is 2. The Labute approximate surface area is 199 Å². The molecule has 9 heteroatoms. The maximum absolute atomic E-state index is 13.6. The van der Waals surface area contributed by atoms with E-state index < -0.39 is 6.04 Å². The van der Waals surface area contributed by atoms with E-state index in [1.807, 2.05) is 17.5 Å². The number of benzene rings is 2. The smallest absolute Gasteiger partial charge is 0.255 e. The fourth-order valence-corrected chi connectivity index (χ4v) is 6.03. The van der Waals surface area contributed by atoms with Crippen molar-refractivity contribution < 1.29 is 23.5 Å². The first-order valence-electron chi connectivity index (χ1n) is 10.2. The third kappa shape index (κ3) is 4.99. The number of rotatable bonds is 7. The zero-order valence-corrected chi connectivity index (χ0v) is 19.8. The summed E-state index contributed by atoms with van der Waals surface area (Å²) in [4.78, 5) is 29.4. The van der Waals surface area contributed by atoms with Crippen LogP contribution in [0.1, 0.15) is 26.2 Å². The van der Waals surface area contributed by atoms with Crippen LogP contribution in [-0.4, -0.2) is 42.7 Å². The predicted molar refractivity (Wildman–Crippen MR) is 127 cm³/mol. The maximum Gasteiger partial charge on any atom is 0.255 e. The minimum absolute atomic E-state index is 0.250. The highest BCUT2D eigenvalue weighted by atomic mass is 32.2. The Morgan fingerprint density at radius 2 is 1.85 bits per heavy atom. The maximum atomic E-state index is 13.6. The lowest BCUT2D eigenvalue weighted by Gasteiger charge is -2.28. The van der Waals surface area contributed by atoms with Crippen molar-refractivity contribution in [2.24, 2.45) is 0 Å². The van der Waals surface area contributed by atoms with Crippen LogP contribution in [0, 0.1) is 5.82 Å². The molecule has 1 fully saturated rings. The van der Waals surface area contributed by atoms with E-state index in [1.54, 1.807) is 58.3 Å². The molecule has 2 amide bonds. The van der Waals surface area contributed by atoms with Gasteiger partial charge in [0.15, 0.2) is 11.5 Å². The third-order valence-electron chi connectivity index (χ3n) is 5.33. The van der Waals surface area contributed by atoms with Crippen LogP contribution >= 0.6 is 23.1 Å². The number of thiophene rings is 1. The van der Waals surface area contributed by atoms with E-state index in [0.29, 0.717) is 22.8 Å². The molecule has 0 saturated carbocycles. The molecule has 1 aliphatic rings. The lowest BCUT2D eigenvalue weighted by Crippen LogP contribution is -2.47. The lowest BCUT2D eigenvalue weighted by atomic mass is 10.1. The SMILES string of the molecule is COc1ccc(C(=O)N2C(C(=O)NCc3ccc(F)cc3)CSC2c2cccs2)cc1OC. The highest BCUT2D eigenvalue weighted by Gasteiger charge is 2.43. The van der Waals surface area contributed by atoms with Gasteiger partial charge < -0.3 is 19.7 Å². The first kappa shape index (κ1) is 23.1. The summed E-state index contributed by atoms with van der Waals surface area (Å²) in [5.41, 5.74) is 1.19. The minimum atomic E-state index is -0.650. The van der Waals surface area contributed by atoms with Gasteiger partial charge in [0.05, 0.1) is 14.2 Å². The molecular weight excluding hydrogens is 463 g/mol. The summed E-state index contributed by atoms with van der Waals surface area (Å²) in [5.74, 6) is 0.591. The molecule has 3 aromatic rings. The highest BCUT2D eigenvalue weighted by molar-refractivity contribution is 7.99. The van der Waals surface area contributed by atoms with Crippen molar-refractivity contribution in [1.82, 2.24) is 10.2 Å². The first-order chi connectivity index (χ1) is 16.0. The molecule has 1 aliphatic heterocycles. The molecule has 1 saturated heterocycles. The van der Waals surface area contributed by atoms with E-state index in [9.17, 15) is 14.0 Å². The van der Waals surface area contributed by atoms with Crippen LogP contribution in [0.5, 0.6) is 11.5 Å². The number of halogens is 1. The van der Waals surface area contributed by atoms with Gasteiger partial charge in [-0.25, -0.2) is 4.39 Å². The molecular formula is C24H23FN2O4S2. The van der Waals surface area contributed by atoms with Crippen LogP contribution in [-0.2, 0) is 11.3 Å². The summed E-state index contributed by atoms with van der Waals surface area (Å²) in [6.45, 7) is 0.252. The Morgan fingerprint density at radius 1 is 1.09 bits per heavy atom. The summed E-state index contributed by atoms with van der Waals surface area (Å²) < 4.78 is 23.8. The van der Waals surface area contributed by atoms with Gasteiger partial charge in [0.1, 0.15) is 17.2 Å². The summed E-state index contributed by atoms with van der Waals surface area (Å²) in [5, 5.41) is 4.58. The van der Waals surface area contributed by atoms with Gasteiger partial charge in [-0.2, -0.15) is 0 Å². The quantitative estimate of drug-likeness (QED) is 0.534. The van der Waals surface area contributed by atoms with Crippen LogP contribution in [0.3, 0.4) is 0 Å². The van der Waals surface area contributed by atoms with E-state index in [2.05, 4.69) is 5.32 Å². The number of nitrogens with one attached hydrogen (secondary N) is 1. The molecule has 0 spiro atoms. The normalized spacial score (nSPS) is 17.6. The molecule has 172 valence electrons. The Bertz CT molecular complexity index is 1120. The van der Waals surface area contributed by atoms with Crippen molar-refractivity contribution in [1.29, 1.82) is 0 Å². The van der Waals surface area contributed by atoms with E-state index in [-0.39, 0.29) is 29.6 Å². The number of carbonyl (C=O) groups excluding carboxylic acids is 2. The molecule has 2 aromatic carbocycles. The molecule has 2 unspecified atom stereocenters. The van der Waals surface area contributed by atoms with Crippen molar-refractivity contribution in [2.45, 2.75) is 18.0 Å². The average Bonchev–Trinajstić information content (AvgIpc) is 3.52. The lowest BCUT2D eigenvalue weighted by molar-refractivity contribution is -0.125. The summed E-state index contributed by atoms with van der Waals surface area (Å²) in [7, 11) is 3.04. The van der Waals surface area contributed by atoms with Crippen molar-refractivity contribution >= 4 is 34.9 Å². The molecule has 6 nitrogen and oxygen atoms in total. The molecule has 2 atom stereocenters. The molecule has 33 heavy (non-hydrogen) atoms. The number of carbonyl (C=O) groups is 2.